The van der Waals surface area contributed by atoms with Crippen LogP contribution in [0.4, 0.5) is 18.0 Å². The summed E-state index contributed by atoms with van der Waals surface area (Å²) < 4.78 is 47.7. The van der Waals surface area contributed by atoms with Gasteiger partial charge in [0.15, 0.2) is 0 Å². The molecule has 0 radical (unpaired) electrons. The van der Waals surface area contributed by atoms with Crippen LogP contribution in [0.15, 0.2) is 59.7 Å². The number of rotatable bonds is 2. The minimum atomic E-state index is -4.48. The predicted molar refractivity (Wildman–Crippen MR) is 142 cm³/mol. The Morgan fingerprint density at radius 2 is 1.82 bits per heavy atom. The number of nitrogens with zero attached hydrogens (tertiary/aromatic N) is 4. The van der Waals surface area contributed by atoms with Gasteiger partial charge in [-0.05, 0) is 69.5 Å². The lowest BCUT2D eigenvalue weighted by Gasteiger charge is -2.26. The van der Waals surface area contributed by atoms with E-state index in [0.717, 1.165) is 41.7 Å². The molecule has 0 unspecified atom stereocenters. The third-order valence-corrected chi connectivity index (χ3v) is 6.85. The van der Waals surface area contributed by atoms with Gasteiger partial charge in [-0.3, -0.25) is 14.3 Å². The highest BCUT2D eigenvalue weighted by Gasteiger charge is 2.31. The van der Waals surface area contributed by atoms with Crippen LogP contribution in [0.3, 0.4) is 0 Å². The second-order valence-corrected chi connectivity index (χ2v) is 10.7. The molecule has 1 amide bonds. The molecule has 0 saturated heterocycles. The van der Waals surface area contributed by atoms with Crippen molar-refractivity contribution in [3.8, 4) is 16.9 Å². The van der Waals surface area contributed by atoms with Crippen LogP contribution in [0, 0.1) is 0 Å². The molecule has 0 bridgehead atoms. The van der Waals surface area contributed by atoms with Crippen molar-refractivity contribution in [1.29, 1.82) is 0 Å². The fourth-order valence-electron chi connectivity index (χ4n) is 4.96. The maximum absolute atomic E-state index is 13.0. The number of amides is 1. The van der Waals surface area contributed by atoms with E-state index < -0.39 is 17.3 Å². The highest BCUT2D eigenvalue weighted by molar-refractivity contribution is 5.87. The molecule has 0 atom stereocenters. The molecule has 39 heavy (non-hydrogen) atoms. The zero-order valence-corrected chi connectivity index (χ0v) is 22.2. The molecule has 7 nitrogen and oxygen atoms in total. The Kier molecular flexibility index (Phi) is 6.52. The Hall–Kier alpha value is -4.08. The minimum absolute atomic E-state index is 0.281. The van der Waals surface area contributed by atoms with Gasteiger partial charge in [-0.25, -0.2) is 4.79 Å². The SMILES string of the molecule is Cn1c2c(c3ccc(-n4ccc(-c5ccc(C(F)(F)F)cn5)cc4=O)cc31)CCCN(C(=O)OC(C)(C)C)C2. The number of pyridine rings is 2. The van der Waals surface area contributed by atoms with E-state index in [1.54, 1.807) is 17.2 Å². The second kappa shape index (κ2) is 9.59. The van der Waals surface area contributed by atoms with Gasteiger partial charge in [-0.15, -0.1) is 0 Å². The van der Waals surface area contributed by atoms with Crippen molar-refractivity contribution in [2.75, 3.05) is 6.54 Å². The normalized spacial score (nSPS) is 14.3. The Bertz CT molecular complexity index is 1610. The third kappa shape index (κ3) is 5.28. The summed E-state index contributed by atoms with van der Waals surface area (Å²) in [7, 11) is 1.95. The van der Waals surface area contributed by atoms with Gasteiger partial charge < -0.3 is 14.2 Å². The monoisotopic (exact) mass is 538 g/mol. The number of alkyl halides is 3. The lowest BCUT2D eigenvalue weighted by molar-refractivity contribution is -0.137. The van der Waals surface area contributed by atoms with Crippen LogP contribution in [0.5, 0.6) is 0 Å². The van der Waals surface area contributed by atoms with Crippen LogP contribution in [0.25, 0.3) is 27.8 Å². The van der Waals surface area contributed by atoms with Crippen LogP contribution < -0.4 is 5.56 Å². The molecular formula is C29H29F3N4O3. The van der Waals surface area contributed by atoms with Crippen LogP contribution in [0.2, 0.25) is 0 Å². The summed E-state index contributed by atoms with van der Waals surface area (Å²) in [5.41, 5.74) is 2.75. The summed E-state index contributed by atoms with van der Waals surface area (Å²) in [4.78, 5) is 31.4. The first-order valence-electron chi connectivity index (χ1n) is 12.7. The molecule has 0 aliphatic carbocycles. The van der Waals surface area contributed by atoms with Gasteiger partial charge in [0, 0.05) is 48.7 Å². The van der Waals surface area contributed by atoms with Crippen molar-refractivity contribution in [3.63, 3.8) is 0 Å². The molecule has 204 valence electrons. The molecule has 10 heteroatoms. The summed E-state index contributed by atoms with van der Waals surface area (Å²) in [5.74, 6) is 0. The number of hydrogen-bond acceptors (Lipinski definition) is 4. The standard InChI is InChI=1S/C29H29F3N4O3/c1-28(2,3)39-27(38)35-12-5-6-21-22-9-8-20(15-24(22)34(4)25(21)17-35)36-13-11-18(14-26(36)37)23-10-7-19(16-33-23)29(30,31)32/h7-11,13-16H,5-6,12,17H2,1-4H3. The first-order chi connectivity index (χ1) is 18.3. The van der Waals surface area contributed by atoms with E-state index in [1.807, 2.05) is 46.0 Å². The summed E-state index contributed by atoms with van der Waals surface area (Å²) >= 11 is 0. The molecule has 1 aliphatic heterocycles. The van der Waals surface area contributed by atoms with Gasteiger partial charge in [0.1, 0.15) is 5.60 Å². The van der Waals surface area contributed by atoms with E-state index in [4.69, 9.17) is 4.74 Å². The van der Waals surface area contributed by atoms with Gasteiger partial charge in [0.2, 0.25) is 0 Å². The number of fused-ring (bicyclic) bond motifs is 3. The van der Waals surface area contributed by atoms with E-state index >= 15 is 0 Å². The maximum atomic E-state index is 13.0. The molecule has 5 rings (SSSR count). The van der Waals surface area contributed by atoms with Crippen molar-refractivity contribution in [2.45, 2.75) is 51.9 Å². The molecule has 1 aromatic carbocycles. The summed E-state index contributed by atoms with van der Waals surface area (Å²) in [6.45, 7) is 6.58. The number of carbonyl (C=O) groups excluding carboxylic acids is 1. The third-order valence-electron chi connectivity index (χ3n) is 6.85. The molecule has 0 saturated carbocycles. The number of aromatic nitrogens is 3. The van der Waals surface area contributed by atoms with Crippen molar-refractivity contribution >= 4 is 17.0 Å². The molecular weight excluding hydrogens is 509 g/mol. The Balaban J connectivity index is 1.46. The predicted octanol–water partition coefficient (Wildman–Crippen LogP) is 6.09. The van der Waals surface area contributed by atoms with Crippen molar-refractivity contribution in [3.05, 3.63) is 82.0 Å². The van der Waals surface area contributed by atoms with Gasteiger partial charge in [-0.1, -0.05) is 6.07 Å². The van der Waals surface area contributed by atoms with E-state index in [-0.39, 0.29) is 17.3 Å². The average Bonchev–Trinajstić information content (AvgIpc) is 3.00. The number of benzene rings is 1. The van der Waals surface area contributed by atoms with Crippen molar-refractivity contribution in [2.24, 2.45) is 7.05 Å². The number of aryl methyl sites for hydroxylation is 2. The zero-order chi connectivity index (χ0) is 28.1. The van der Waals surface area contributed by atoms with E-state index in [2.05, 4.69) is 9.55 Å². The number of halogens is 3. The van der Waals surface area contributed by atoms with Gasteiger partial charge >= 0.3 is 12.3 Å². The first kappa shape index (κ1) is 26.5. The zero-order valence-electron chi connectivity index (χ0n) is 22.2. The molecule has 0 N–H and O–H groups in total. The van der Waals surface area contributed by atoms with Crippen LogP contribution in [0.1, 0.15) is 44.0 Å². The lowest BCUT2D eigenvalue weighted by atomic mass is 10.1. The number of carbonyl (C=O) groups is 1. The molecule has 3 aromatic heterocycles. The maximum Gasteiger partial charge on any atom is 0.417 e. The topological polar surface area (TPSA) is 69.4 Å². The molecule has 4 aromatic rings. The fraction of sp³-hybridized carbons (Fsp3) is 0.345. The average molecular weight is 539 g/mol. The Labute approximate surface area is 223 Å². The quantitative estimate of drug-likeness (QED) is 0.310. The molecule has 0 spiro atoms. The molecule has 0 fully saturated rings. The van der Waals surface area contributed by atoms with Gasteiger partial charge in [0.05, 0.1) is 29.0 Å². The highest BCUT2D eigenvalue weighted by atomic mass is 19.4. The fourth-order valence-corrected chi connectivity index (χ4v) is 4.96. The molecule has 4 heterocycles. The smallest absolute Gasteiger partial charge is 0.417 e. The van der Waals surface area contributed by atoms with Gasteiger partial charge in [0.25, 0.3) is 5.56 Å². The van der Waals surface area contributed by atoms with Gasteiger partial charge in [-0.2, -0.15) is 13.2 Å². The summed E-state index contributed by atoms with van der Waals surface area (Å²) in [5, 5.41) is 1.07. The first-order valence-corrected chi connectivity index (χ1v) is 12.7. The van der Waals surface area contributed by atoms with Crippen LogP contribution in [-0.4, -0.2) is 37.3 Å². The van der Waals surface area contributed by atoms with E-state index in [0.29, 0.717) is 24.3 Å². The van der Waals surface area contributed by atoms with Crippen LogP contribution >= 0.6 is 0 Å². The number of hydrogen-bond donors (Lipinski definition) is 0. The minimum Gasteiger partial charge on any atom is -0.444 e. The van der Waals surface area contributed by atoms with Crippen molar-refractivity contribution in [1.82, 2.24) is 19.0 Å². The molecule has 1 aliphatic rings. The number of ether oxygens (including phenoxy) is 1. The summed E-state index contributed by atoms with van der Waals surface area (Å²) in [6, 6.07) is 11.0. The van der Waals surface area contributed by atoms with Crippen LogP contribution in [-0.2, 0) is 30.9 Å². The second-order valence-electron chi connectivity index (χ2n) is 10.7. The highest BCUT2D eigenvalue weighted by Crippen LogP contribution is 2.32. The summed E-state index contributed by atoms with van der Waals surface area (Å²) in [6.07, 6.45) is -0.826. The van der Waals surface area contributed by atoms with E-state index in [1.165, 1.54) is 22.3 Å². The van der Waals surface area contributed by atoms with E-state index in [9.17, 15) is 22.8 Å². The van der Waals surface area contributed by atoms with Crippen molar-refractivity contribution < 1.29 is 22.7 Å². The Morgan fingerprint density at radius 3 is 2.46 bits per heavy atom. The lowest BCUT2D eigenvalue weighted by Crippen LogP contribution is -2.36. The largest absolute Gasteiger partial charge is 0.444 e. The Morgan fingerprint density at radius 1 is 1.05 bits per heavy atom.